The summed E-state index contributed by atoms with van der Waals surface area (Å²) in [6.45, 7) is 9.12. The van der Waals surface area contributed by atoms with Crippen LogP contribution in [0.15, 0.2) is 36.7 Å². The minimum absolute atomic E-state index is 0.0288. The molecule has 5 rings (SSSR count). The summed E-state index contributed by atoms with van der Waals surface area (Å²) >= 11 is 0. The van der Waals surface area contributed by atoms with Crippen molar-refractivity contribution in [3.63, 3.8) is 0 Å². The van der Waals surface area contributed by atoms with Gasteiger partial charge in [-0.1, -0.05) is 5.21 Å². The summed E-state index contributed by atoms with van der Waals surface area (Å²) in [6.07, 6.45) is -1.36. The van der Waals surface area contributed by atoms with Gasteiger partial charge in [-0.05, 0) is 56.8 Å². The van der Waals surface area contributed by atoms with Crippen LogP contribution in [0.1, 0.15) is 38.5 Å². The number of aromatic nitrogens is 4. The predicted octanol–water partition coefficient (Wildman–Crippen LogP) is 2.45. The van der Waals surface area contributed by atoms with E-state index in [9.17, 15) is 22.8 Å². The van der Waals surface area contributed by atoms with Crippen LogP contribution in [-0.2, 0) is 10.9 Å². The van der Waals surface area contributed by atoms with Crippen LogP contribution in [0.2, 0.25) is 0 Å². The molecule has 0 bridgehead atoms. The van der Waals surface area contributed by atoms with Gasteiger partial charge in [0.15, 0.2) is 5.69 Å². The van der Waals surface area contributed by atoms with Gasteiger partial charge in [0.1, 0.15) is 5.69 Å². The Kier molecular flexibility index (Phi) is 9.76. The fraction of sp³-hybridized carbons (Fsp3) is 0.483. The average Bonchev–Trinajstić information content (AvgIpc) is 3.50. The Hall–Kier alpha value is -4.08. The second-order valence-corrected chi connectivity index (χ2v) is 10.9. The van der Waals surface area contributed by atoms with Crippen molar-refractivity contribution in [2.45, 2.75) is 19.5 Å². The third-order valence-electron chi connectivity index (χ3n) is 7.75. The molecule has 2 aliphatic heterocycles. The molecule has 12 nitrogen and oxygen atoms in total. The van der Waals surface area contributed by atoms with Crippen molar-refractivity contribution in [3.05, 3.63) is 59.2 Å². The van der Waals surface area contributed by atoms with Gasteiger partial charge in [0.25, 0.3) is 11.8 Å². The Balaban J connectivity index is 1.31. The van der Waals surface area contributed by atoms with Crippen molar-refractivity contribution >= 4 is 23.2 Å². The quantitative estimate of drug-likeness (QED) is 0.350. The number of anilines is 2. The highest BCUT2D eigenvalue weighted by molar-refractivity contribution is 6.07. The SMILES string of the molecule is Cc1cc(C(F)(F)F)ncc1C(=O)Nc1cc(-n2cc(C(=O)NCCCN3CCOCC3)nn2)ccc1N1CCN(C)CC1. The minimum Gasteiger partial charge on any atom is -0.379 e. The predicted molar refractivity (Wildman–Crippen MR) is 157 cm³/mol. The highest BCUT2D eigenvalue weighted by Crippen LogP contribution is 2.31. The molecular formula is C29H36F3N9O3. The zero-order valence-corrected chi connectivity index (χ0v) is 24.7. The lowest BCUT2D eigenvalue weighted by Crippen LogP contribution is -2.44. The van der Waals surface area contributed by atoms with Crippen molar-refractivity contribution < 1.29 is 27.5 Å². The molecule has 0 radical (unpaired) electrons. The molecule has 0 saturated carbocycles. The molecule has 2 N–H and O–H groups in total. The van der Waals surface area contributed by atoms with Crippen LogP contribution < -0.4 is 15.5 Å². The van der Waals surface area contributed by atoms with Crippen LogP contribution >= 0.6 is 0 Å². The standard InChI is InChI=1S/C29H36F3N9O3/c1-20-16-26(29(30,31)32)34-18-22(20)27(42)35-23-17-21(4-5-25(23)40-10-8-38(2)9-11-40)41-19-24(36-37-41)28(43)33-6-3-7-39-12-14-44-15-13-39/h4-5,16-19H,3,6-15H2,1-2H3,(H,33,43)(H,35,42). The van der Waals surface area contributed by atoms with E-state index in [-0.39, 0.29) is 22.7 Å². The van der Waals surface area contributed by atoms with Crippen LogP contribution in [0, 0.1) is 6.92 Å². The molecule has 3 aromatic rings. The first-order chi connectivity index (χ1) is 21.1. The van der Waals surface area contributed by atoms with E-state index in [2.05, 4.69) is 40.6 Å². The van der Waals surface area contributed by atoms with Gasteiger partial charge in [0.2, 0.25) is 0 Å². The molecule has 236 valence electrons. The van der Waals surface area contributed by atoms with Gasteiger partial charge in [-0.25, -0.2) is 4.68 Å². The van der Waals surface area contributed by atoms with E-state index in [1.165, 1.54) is 17.8 Å². The van der Waals surface area contributed by atoms with Gasteiger partial charge in [0.05, 0.1) is 42.0 Å². The maximum absolute atomic E-state index is 13.3. The maximum Gasteiger partial charge on any atom is 0.433 e. The lowest BCUT2D eigenvalue weighted by molar-refractivity contribution is -0.141. The minimum atomic E-state index is -4.61. The summed E-state index contributed by atoms with van der Waals surface area (Å²) in [4.78, 5) is 36.1. The first kappa shape index (κ1) is 31.3. The van der Waals surface area contributed by atoms with Gasteiger partial charge in [-0.2, -0.15) is 13.2 Å². The zero-order chi connectivity index (χ0) is 31.3. The van der Waals surface area contributed by atoms with E-state index in [1.54, 1.807) is 6.07 Å². The molecule has 2 aromatic heterocycles. The van der Waals surface area contributed by atoms with E-state index < -0.39 is 17.8 Å². The Morgan fingerprint density at radius 3 is 2.48 bits per heavy atom. The number of piperazine rings is 1. The molecule has 0 atom stereocenters. The Labute approximate surface area is 253 Å². The monoisotopic (exact) mass is 615 g/mol. The normalized spacial score (nSPS) is 16.6. The Morgan fingerprint density at radius 1 is 1.02 bits per heavy atom. The fourth-order valence-corrected chi connectivity index (χ4v) is 5.14. The summed E-state index contributed by atoms with van der Waals surface area (Å²) in [7, 11) is 2.03. The number of hydrogen-bond acceptors (Lipinski definition) is 9. The van der Waals surface area contributed by atoms with Crippen LogP contribution in [0.25, 0.3) is 5.69 Å². The van der Waals surface area contributed by atoms with Crippen LogP contribution in [0.4, 0.5) is 24.5 Å². The van der Waals surface area contributed by atoms with Crippen LogP contribution in [-0.4, -0.2) is 114 Å². The molecule has 44 heavy (non-hydrogen) atoms. The number of likely N-dealkylation sites (N-methyl/N-ethyl adjacent to an activating group) is 1. The Morgan fingerprint density at radius 2 is 1.77 bits per heavy atom. The fourth-order valence-electron chi connectivity index (χ4n) is 5.14. The summed E-state index contributed by atoms with van der Waals surface area (Å²) in [5.74, 6) is -0.932. The number of pyridine rings is 1. The smallest absolute Gasteiger partial charge is 0.379 e. The van der Waals surface area contributed by atoms with Crippen molar-refractivity contribution in [1.82, 2.24) is 35.1 Å². The highest BCUT2D eigenvalue weighted by Gasteiger charge is 2.33. The number of morpholine rings is 1. The van der Waals surface area contributed by atoms with E-state index in [1.807, 2.05) is 19.2 Å². The van der Waals surface area contributed by atoms with E-state index in [0.29, 0.717) is 17.9 Å². The number of ether oxygens (including phenoxy) is 1. The number of nitrogens with one attached hydrogen (secondary N) is 2. The molecule has 0 spiro atoms. The van der Waals surface area contributed by atoms with Gasteiger partial charge >= 0.3 is 6.18 Å². The Bertz CT molecular complexity index is 1470. The van der Waals surface area contributed by atoms with Gasteiger partial charge in [-0.15, -0.1) is 5.10 Å². The number of halogens is 3. The van der Waals surface area contributed by atoms with Gasteiger partial charge in [0, 0.05) is 52.0 Å². The molecule has 0 aliphatic carbocycles. The lowest BCUT2D eigenvalue weighted by atomic mass is 10.1. The molecule has 2 aliphatic rings. The van der Waals surface area contributed by atoms with Crippen LogP contribution in [0.3, 0.4) is 0 Å². The van der Waals surface area contributed by atoms with E-state index in [4.69, 9.17) is 4.74 Å². The third-order valence-corrected chi connectivity index (χ3v) is 7.75. The number of hydrogen-bond donors (Lipinski definition) is 2. The number of carbonyl (C=O) groups excluding carboxylic acids is 2. The molecular weight excluding hydrogens is 579 g/mol. The highest BCUT2D eigenvalue weighted by atomic mass is 19.4. The second kappa shape index (κ2) is 13.7. The largest absolute Gasteiger partial charge is 0.433 e. The number of benzene rings is 1. The third kappa shape index (κ3) is 7.70. The molecule has 4 heterocycles. The molecule has 1 aromatic carbocycles. The van der Waals surface area contributed by atoms with Gasteiger partial charge in [-0.3, -0.25) is 19.5 Å². The lowest BCUT2D eigenvalue weighted by Gasteiger charge is -2.35. The summed E-state index contributed by atoms with van der Waals surface area (Å²) in [5, 5.41) is 13.9. The van der Waals surface area contributed by atoms with Crippen molar-refractivity contribution in [2.24, 2.45) is 0 Å². The van der Waals surface area contributed by atoms with E-state index >= 15 is 0 Å². The molecule has 2 saturated heterocycles. The molecule has 15 heteroatoms. The van der Waals surface area contributed by atoms with E-state index in [0.717, 1.165) is 83.4 Å². The van der Waals surface area contributed by atoms with Crippen molar-refractivity contribution in [1.29, 1.82) is 0 Å². The number of rotatable bonds is 9. The van der Waals surface area contributed by atoms with Crippen LogP contribution in [0.5, 0.6) is 0 Å². The number of nitrogens with zero attached hydrogens (tertiary/aromatic N) is 7. The number of amides is 2. The summed E-state index contributed by atoms with van der Waals surface area (Å²) < 4.78 is 46.2. The summed E-state index contributed by atoms with van der Waals surface area (Å²) in [5.41, 5.74) is 1.01. The molecule has 2 fully saturated rings. The maximum atomic E-state index is 13.3. The molecule has 0 unspecified atom stereocenters. The number of aryl methyl sites for hydroxylation is 1. The van der Waals surface area contributed by atoms with Gasteiger partial charge < -0.3 is 25.2 Å². The average molecular weight is 616 g/mol. The second-order valence-electron chi connectivity index (χ2n) is 10.9. The number of carbonyl (C=O) groups is 2. The van der Waals surface area contributed by atoms with Crippen molar-refractivity contribution in [2.75, 3.05) is 82.8 Å². The number of alkyl halides is 3. The van der Waals surface area contributed by atoms with Crippen molar-refractivity contribution in [3.8, 4) is 5.69 Å². The first-order valence-electron chi connectivity index (χ1n) is 14.5. The molecule has 2 amide bonds. The first-order valence-corrected chi connectivity index (χ1v) is 14.5. The zero-order valence-electron chi connectivity index (χ0n) is 24.7. The summed E-state index contributed by atoms with van der Waals surface area (Å²) in [6, 6.07) is 6.22. The topological polar surface area (TPSA) is 121 Å².